The molecule has 1 aliphatic heterocycles. The van der Waals surface area contributed by atoms with E-state index in [1.165, 1.54) is 23.5 Å². The number of aromatic nitrogens is 4. The fourth-order valence-corrected chi connectivity index (χ4v) is 6.32. The maximum Gasteiger partial charge on any atom is 0.417 e. The van der Waals surface area contributed by atoms with E-state index in [9.17, 15) is 13.2 Å². The van der Waals surface area contributed by atoms with Crippen molar-refractivity contribution in [3.05, 3.63) is 35.5 Å². The molecule has 0 amide bonds. The lowest BCUT2D eigenvalue weighted by atomic mass is 9.88. The molecule has 2 aliphatic rings. The van der Waals surface area contributed by atoms with Gasteiger partial charge in [-0.2, -0.15) is 22.8 Å². The number of rotatable bonds is 2. The van der Waals surface area contributed by atoms with Crippen molar-refractivity contribution in [3.63, 3.8) is 0 Å². The Morgan fingerprint density at radius 1 is 1.09 bits per heavy atom. The molecule has 1 aliphatic carbocycles. The quantitative estimate of drug-likeness (QED) is 0.204. The zero-order valence-electron chi connectivity index (χ0n) is 17.3. The summed E-state index contributed by atoms with van der Waals surface area (Å²) in [4.78, 5) is 0.558. The van der Waals surface area contributed by atoms with Crippen LogP contribution < -0.4 is 9.47 Å². The first-order valence-electron chi connectivity index (χ1n) is 10.6. The summed E-state index contributed by atoms with van der Waals surface area (Å²) in [6.45, 7) is 1.12. The van der Waals surface area contributed by atoms with E-state index >= 15 is 0 Å². The van der Waals surface area contributed by atoms with Crippen molar-refractivity contribution in [2.24, 2.45) is 5.41 Å². The predicted octanol–water partition coefficient (Wildman–Crippen LogP) is 6.29. The molecule has 11 heteroatoms. The summed E-state index contributed by atoms with van der Waals surface area (Å²) >= 11 is 3.45. The predicted molar refractivity (Wildman–Crippen MR) is 126 cm³/mol. The van der Waals surface area contributed by atoms with Crippen LogP contribution in [-0.4, -0.2) is 33.0 Å². The van der Waals surface area contributed by atoms with E-state index in [0.29, 0.717) is 55.9 Å². The lowest BCUT2D eigenvalue weighted by Gasteiger charge is -2.24. The number of hydrogen-bond donors (Lipinski definition) is 0. The van der Waals surface area contributed by atoms with Gasteiger partial charge in [0.2, 0.25) is 11.4 Å². The topological polar surface area (TPSA) is 61.5 Å². The molecule has 172 valence electrons. The van der Waals surface area contributed by atoms with Gasteiger partial charge < -0.3 is 9.47 Å². The fraction of sp³-hybridized carbons (Fsp3) is 0.409. The van der Waals surface area contributed by atoms with Gasteiger partial charge in [-0.1, -0.05) is 41.5 Å². The summed E-state index contributed by atoms with van der Waals surface area (Å²) in [6.07, 6.45) is 0.0146. The Balaban J connectivity index is 1.49. The highest BCUT2D eigenvalue weighted by Gasteiger charge is 2.40. The first kappa shape index (κ1) is 21.4. The van der Waals surface area contributed by atoms with E-state index in [0.717, 1.165) is 31.7 Å². The van der Waals surface area contributed by atoms with E-state index < -0.39 is 11.7 Å². The van der Waals surface area contributed by atoms with Gasteiger partial charge in [0.05, 0.1) is 23.7 Å². The smallest absolute Gasteiger partial charge is 0.417 e. The molecule has 6 rings (SSSR count). The zero-order valence-corrected chi connectivity index (χ0v) is 20.3. The van der Waals surface area contributed by atoms with Crippen molar-refractivity contribution < 1.29 is 22.6 Å². The van der Waals surface area contributed by atoms with Crippen molar-refractivity contribution in [2.75, 3.05) is 13.2 Å². The second-order valence-corrected chi connectivity index (χ2v) is 10.5. The fourth-order valence-electron chi connectivity index (χ4n) is 4.76. The lowest BCUT2D eigenvalue weighted by molar-refractivity contribution is -0.136. The number of benzene rings is 1. The van der Waals surface area contributed by atoms with Crippen LogP contribution >= 0.6 is 33.9 Å². The van der Waals surface area contributed by atoms with Gasteiger partial charge in [-0.25, -0.2) is 0 Å². The Bertz CT molecular complexity index is 1380. The highest BCUT2D eigenvalue weighted by Crippen LogP contribution is 2.46. The lowest BCUT2D eigenvalue weighted by Crippen LogP contribution is -2.30. The SMILES string of the molecule is FC(F)(F)c1cccc2sc(-c3nnc4c5c(c(CI)nn34)OCC3(CCCC3)CO5)cc12. The Labute approximate surface area is 204 Å². The molecule has 1 saturated carbocycles. The molecule has 6 nitrogen and oxygen atoms in total. The van der Waals surface area contributed by atoms with Crippen LogP contribution in [0.4, 0.5) is 13.2 Å². The van der Waals surface area contributed by atoms with Crippen molar-refractivity contribution >= 4 is 49.7 Å². The molecular formula is C22H18F3IN4O2S. The van der Waals surface area contributed by atoms with E-state index in [4.69, 9.17) is 14.6 Å². The van der Waals surface area contributed by atoms with Gasteiger partial charge in [-0.3, -0.25) is 0 Å². The largest absolute Gasteiger partial charge is 0.487 e. The summed E-state index contributed by atoms with van der Waals surface area (Å²) < 4.78 is 55.7. The minimum Gasteiger partial charge on any atom is -0.487 e. The molecule has 1 fully saturated rings. The molecule has 0 atom stereocenters. The number of thiophene rings is 1. The highest BCUT2D eigenvalue weighted by molar-refractivity contribution is 14.1. The number of fused-ring (bicyclic) bond motifs is 4. The van der Waals surface area contributed by atoms with Crippen LogP contribution in [0.15, 0.2) is 24.3 Å². The van der Waals surface area contributed by atoms with Crippen molar-refractivity contribution in [2.45, 2.75) is 36.3 Å². The average Bonchev–Trinajstić information content (AvgIpc) is 3.49. The second-order valence-electron chi connectivity index (χ2n) is 8.61. The minimum absolute atomic E-state index is 0.000869. The van der Waals surface area contributed by atoms with Gasteiger partial charge in [-0.15, -0.1) is 21.5 Å². The second kappa shape index (κ2) is 7.69. The van der Waals surface area contributed by atoms with Gasteiger partial charge in [0.1, 0.15) is 5.69 Å². The number of halogens is 4. The third kappa shape index (κ3) is 3.46. The van der Waals surface area contributed by atoms with Gasteiger partial charge in [-0.05, 0) is 31.0 Å². The molecule has 4 heterocycles. The number of ether oxygens (including phenoxy) is 2. The average molecular weight is 586 g/mol. The Hall–Kier alpha value is -2.15. The first-order chi connectivity index (χ1) is 15.9. The summed E-state index contributed by atoms with van der Waals surface area (Å²) in [5.74, 6) is 1.49. The summed E-state index contributed by atoms with van der Waals surface area (Å²) in [5.41, 5.74) is 0.453. The molecule has 3 aromatic heterocycles. The van der Waals surface area contributed by atoms with Crippen LogP contribution in [0.1, 0.15) is 36.9 Å². The monoisotopic (exact) mass is 586 g/mol. The normalized spacial score (nSPS) is 17.8. The van der Waals surface area contributed by atoms with Crippen molar-refractivity contribution in [1.29, 1.82) is 0 Å². The van der Waals surface area contributed by atoms with Crippen LogP contribution in [-0.2, 0) is 10.6 Å². The molecule has 4 aromatic rings. The molecule has 33 heavy (non-hydrogen) atoms. The van der Waals surface area contributed by atoms with Crippen LogP contribution in [0.3, 0.4) is 0 Å². The molecule has 1 aromatic carbocycles. The molecular weight excluding hydrogens is 568 g/mol. The Morgan fingerprint density at radius 2 is 1.85 bits per heavy atom. The molecule has 0 saturated heterocycles. The van der Waals surface area contributed by atoms with E-state index in [2.05, 4.69) is 32.8 Å². The van der Waals surface area contributed by atoms with Gasteiger partial charge in [0.25, 0.3) is 0 Å². The number of hydrogen-bond acceptors (Lipinski definition) is 6. The third-order valence-electron chi connectivity index (χ3n) is 6.46. The summed E-state index contributed by atoms with van der Waals surface area (Å²) in [7, 11) is 0. The number of nitrogens with zero attached hydrogens (tertiary/aromatic N) is 4. The van der Waals surface area contributed by atoms with Crippen LogP contribution in [0.25, 0.3) is 26.4 Å². The Morgan fingerprint density at radius 3 is 2.58 bits per heavy atom. The maximum atomic E-state index is 13.5. The van der Waals surface area contributed by atoms with Gasteiger partial charge >= 0.3 is 6.18 Å². The third-order valence-corrected chi connectivity index (χ3v) is 8.28. The van der Waals surface area contributed by atoms with E-state index in [1.54, 1.807) is 10.6 Å². The summed E-state index contributed by atoms with van der Waals surface area (Å²) in [6, 6.07) is 5.71. The molecule has 0 radical (unpaired) electrons. The van der Waals surface area contributed by atoms with Crippen molar-refractivity contribution in [3.8, 4) is 22.2 Å². The van der Waals surface area contributed by atoms with Crippen molar-refractivity contribution in [1.82, 2.24) is 19.8 Å². The molecule has 0 bridgehead atoms. The zero-order chi connectivity index (χ0) is 22.8. The van der Waals surface area contributed by atoms with Gasteiger partial charge in [0.15, 0.2) is 11.6 Å². The molecule has 0 N–H and O–H groups in total. The minimum atomic E-state index is -4.43. The van der Waals surface area contributed by atoms with E-state index in [-0.39, 0.29) is 10.8 Å². The van der Waals surface area contributed by atoms with Crippen LogP contribution in [0, 0.1) is 5.41 Å². The first-order valence-corrected chi connectivity index (χ1v) is 12.9. The summed E-state index contributed by atoms with van der Waals surface area (Å²) in [5, 5.41) is 13.5. The van der Waals surface area contributed by atoms with Gasteiger partial charge in [0, 0.05) is 19.9 Å². The van der Waals surface area contributed by atoms with Crippen LogP contribution in [0.5, 0.6) is 11.5 Å². The standard InChI is InChI=1S/C22H18F3IN4O2S/c23-22(24,25)13-4-3-5-15-12(13)8-16(33-15)19-27-28-20-18-17(14(9-26)29-30(19)20)31-10-21(11-32-18)6-1-2-7-21/h3-5,8H,1-2,6-7,9-11H2. The van der Waals surface area contributed by atoms with Crippen LogP contribution in [0.2, 0.25) is 0 Å². The maximum absolute atomic E-state index is 13.5. The van der Waals surface area contributed by atoms with E-state index in [1.807, 2.05) is 0 Å². The number of alkyl halides is 4. The highest BCUT2D eigenvalue weighted by atomic mass is 127. The Kier molecular flexibility index (Phi) is 4.98. The molecule has 1 spiro atoms. The molecule has 0 unspecified atom stereocenters.